The number of carbonyl (C=O) groups is 4. The maximum atomic E-state index is 11.9. The predicted molar refractivity (Wildman–Crippen MR) is 98.0 cm³/mol. The van der Waals surface area contributed by atoms with Gasteiger partial charge in [0, 0.05) is 25.5 Å². The van der Waals surface area contributed by atoms with Crippen molar-refractivity contribution in [1.82, 2.24) is 5.06 Å². The number of hydrogen-bond acceptors (Lipinski definition) is 7. The summed E-state index contributed by atoms with van der Waals surface area (Å²) in [5.41, 5.74) is 0. The van der Waals surface area contributed by atoms with E-state index in [-0.39, 0.29) is 30.1 Å². The molecule has 154 valence electrons. The zero-order chi connectivity index (χ0) is 20.6. The summed E-state index contributed by atoms with van der Waals surface area (Å²) in [5.74, 6) is -2.02. The fraction of sp³-hybridized carbons (Fsp3) is 0.778. The van der Waals surface area contributed by atoms with E-state index < -0.39 is 39.3 Å². The second-order valence-electron chi connectivity index (χ2n) is 7.40. The molecule has 0 bridgehead atoms. The Labute approximate surface area is 160 Å². The molecule has 0 spiro atoms. The molecule has 27 heavy (non-hydrogen) atoms. The molecule has 0 saturated carbocycles. The predicted octanol–water partition coefficient (Wildman–Crippen LogP) is 1.96. The maximum Gasteiger partial charge on any atom is 0.333 e. The lowest BCUT2D eigenvalue weighted by atomic mass is 10.0. The number of sulfone groups is 1. The van der Waals surface area contributed by atoms with E-state index in [4.69, 9.17) is 4.84 Å². The van der Waals surface area contributed by atoms with E-state index in [1.165, 1.54) is 0 Å². The number of hydrogen-bond donors (Lipinski definition) is 0. The van der Waals surface area contributed by atoms with Crippen LogP contribution in [0.25, 0.3) is 0 Å². The van der Waals surface area contributed by atoms with Crippen molar-refractivity contribution >= 4 is 33.4 Å². The van der Waals surface area contributed by atoms with Gasteiger partial charge in [0.25, 0.3) is 11.8 Å². The average molecular weight is 403 g/mol. The van der Waals surface area contributed by atoms with Gasteiger partial charge in [-0.2, -0.15) is 0 Å². The van der Waals surface area contributed by atoms with Gasteiger partial charge in [0.1, 0.15) is 5.78 Å². The molecule has 0 aliphatic carbocycles. The van der Waals surface area contributed by atoms with E-state index in [0.717, 1.165) is 31.9 Å². The number of ketones is 1. The molecule has 0 aromatic heterocycles. The van der Waals surface area contributed by atoms with Crippen molar-refractivity contribution in [2.75, 3.05) is 6.26 Å². The maximum absolute atomic E-state index is 11.9. The first kappa shape index (κ1) is 23.3. The van der Waals surface area contributed by atoms with Crippen LogP contribution in [0.4, 0.5) is 0 Å². The van der Waals surface area contributed by atoms with Crippen LogP contribution in [0, 0.1) is 5.92 Å². The SMILES string of the molecule is CC(C)CCCCCC(=O)CCCC(=O)ON1C(=O)CC(S(C)(=O)=O)C1=O. The Kier molecular flexibility index (Phi) is 9.08. The van der Waals surface area contributed by atoms with Gasteiger partial charge in [0.15, 0.2) is 15.1 Å². The van der Waals surface area contributed by atoms with Crippen LogP contribution < -0.4 is 0 Å². The lowest BCUT2D eigenvalue weighted by Gasteiger charge is -2.13. The zero-order valence-corrected chi connectivity index (χ0v) is 17.0. The molecule has 0 aromatic carbocycles. The minimum absolute atomic E-state index is 0.0674. The zero-order valence-electron chi connectivity index (χ0n) is 16.2. The van der Waals surface area contributed by atoms with Crippen molar-refractivity contribution in [3.05, 3.63) is 0 Å². The number of amides is 2. The summed E-state index contributed by atoms with van der Waals surface area (Å²) in [6.07, 6.45) is 5.25. The van der Waals surface area contributed by atoms with Gasteiger partial charge in [-0.1, -0.05) is 33.1 Å². The van der Waals surface area contributed by atoms with Gasteiger partial charge in [-0.05, 0) is 18.8 Å². The number of rotatable bonds is 12. The van der Waals surface area contributed by atoms with Crippen molar-refractivity contribution in [3.63, 3.8) is 0 Å². The Balaban J connectivity index is 2.27. The largest absolute Gasteiger partial charge is 0.333 e. The van der Waals surface area contributed by atoms with E-state index >= 15 is 0 Å². The van der Waals surface area contributed by atoms with Gasteiger partial charge in [-0.15, -0.1) is 5.06 Å². The summed E-state index contributed by atoms with van der Waals surface area (Å²) in [5, 5.41) is -1.28. The van der Waals surface area contributed by atoms with Crippen molar-refractivity contribution < 1.29 is 32.4 Å². The highest BCUT2D eigenvalue weighted by Crippen LogP contribution is 2.20. The second-order valence-corrected chi connectivity index (χ2v) is 9.63. The molecular formula is C18H29NO7S. The molecule has 0 N–H and O–H groups in total. The third-order valence-electron chi connectivity index (χ3n) is 4.35. The van der Waals surface area contributed by atoms with Gasteiger partial charge in [0.2, 0.25) is 0 Å². The number of carbonyl (C=O) groups excluding carboxylic acids is 4. The van der Waals surface area contributed by atoms with Gasteiger partial charge < -0.3 is 4.84 Å². The molecule has 8 nitrogen and oxygen atoms in total. The Morgan fingerprint density at radius 3 is 2.26 bits per heavy atom. The monoisotopic (exact) mass is 403 g/mol. The fourth-order valence-electron chi connectivity index (χ4n) is 2.77. The Bertz CT molecular complexity index is 669. The topological polar surface area (TPSA) is 115 Å². The molecule has 1 fully saturated rings. The van der Waals surface area contributed by atoms with Crippen molar-refractivity contribution in [1.29, 1.82) is 0 Å². The lowest BCUT2D eigenvalue weighted by Crippen LogP contribution is -2.36. The minimum Gasteiger partial charge on any atom is -0.330 e. The summed E-state index contributed by atoms with van der Waals surface area (Å²) < 4.78 is 22.9. The van der Waals surface area contributed by atoms with Gasteiger partial charge in [-0.3, -0.25) is 14.4 Å². The van der Waals surface area contributed by atoms with Crippen LogP contribution in [0.2, 0.25) is 0 Å². The summed E-state index contributed by atoms with van der Waals surface area (Å²) in [7, 11) is -3.75. The molecule has 0 aromatic rings. The van der Waals surface area contributed by atoms with Crippen LogP contribution in [0.3, 0.4) is 0 Å². The number of nitrogens with zero attached hydrogens (tertiary/aromatic N) is 1. The van der Waals surface area contributed by atoms with Crippen LogP contribution in [-0.2, 0) is 33.9 Å². The van der Waals surface area contributed by atoms with Crippen molar-refractivity contribution in [2.45, 2.75) is 76.9 Å². The summed E-state index contributed by atoms with van der Waals surface area (Å²) in [6, 6.07) is 0. The Hall–Kier alpha value is -1.77. The Morgan fingerprint density at radius 2 is 1.70 bits per heavy atom. The number of imide groups is 1. The van der Waals surface area contributed by atoms with Gasteiger partial charge >= 0.3 is 5.97 Å². The van der Waals surface area contributed by atoms with Crippen LogP contribution in [-0.4, -0.2) is 48.6 Å². The van der Waals surface area contributed by atoms with Gasteiger partial charge in [0.05, 0.1) is 6.42 Å². The molecular weight excluding hydrogens is 374 g/mol. The van der Waals surface area contributed by atoms with E-state index in [1.807, 2.05) is 0 Å². The molecule has 1 saturated heterocycles. The smallest absolute Gasteiger partial charge is 0.330 e. The first-order valence-corrected chi connectivity index (χ1v) is 11.3. The standard InChI is InChI=1S/C18H29NO7S/c1-13(2)8-5-4-6-9-14(20)10-7-11-17(22)26-19-16(21)12-15(18(19)23)27(3,24)25/h13,15H,4-12H2,1-3H3. The van der Waals surface area contributed by atoms with Crippen LogP contribution in [0.1, 0.15) is 71.6 Å². The second kappa shape index (κ2) is 10.5. The molecule has 1 atom stereocenters. The van der Waals surface area contributed by atoms with Crippen LogP contribution in [0.5, 0.6) is 0 Å². The third kappa shape index (κ3) is 8.19. The number of hydroxylamine groups is 2. The molecule has 1 heterocycles. The van der Waals surface area contributed by atoms with E-state index in [2.05, 4.69) is 13.8 Å². The highest BCUT2D eigenvalue weighted by atomic mass is 32.2. The molecule has 0 radical (unpaired) electrons. The van der Waals surface area contributed by atoms with Crippen LogP contribution in [0.15, 0.2) is 0 Å². The summed E-state index contributed by atoms with van der Waals surface area (Å²) >= 11 is 0. The quantitative estimate of drug-likeness (QED) is 0.361. The number of unbranched alkanes of at least 4 members (excludes halogenated alkanes) is 2. The third-order valence-corrected chi connectivity index (χ3v) is 5.75. The highest BCUT2D eigenvalue weighted by Gasteiger charge is 2.46. The van der Waals surface area contributed by atoms with Gasteiger partial charge in [-0.25, -0.2) is 13.2 Å². The highest BCUT2D eigenvalue weighted by molar-refractivity contribution is 7.92. The Morgan fingerprint density at radius 1 is 1.07 bits per heavy atom. The normalized spacial score (nSPS) is 17.6. The first-order chi connectivity index (χ1) is 12.5. The fourth-order valence-corrected chi connectivity index (χ4v) is 3.67. The first-order valence-electron chi connectivity index (χ1n) is 9.30. The molecule has 1 rings (SSSR count). The van der Waals surface area contributed by atoms with Crippen molar-refractivity contribution in [3.8, 4) is 0 Å². The summed E-state index contributed by atoms with van der Waals surface area (Å²) in [6.45, 7) is 4.32. The molecule has 2 amide bonds. The van der Waals surface area contributed by atoms with E-state index in [0.29, 0.717) is 12.3 Å². The lowest BCUT2D eigenvalue weighted by molar-refractivity contribution is -0.197. The molecule has 1 aliphatic heterocycles. The molecule has 1 aliphatic rings. The summed E-state index contributed by atoms with van der Waals surface area (Å²) in [4.78, 5) is 51.8. The van der Waals surface area contributed by atoms with E-state index in [9.17, 15) is 27.6 Å². The van der Waals surface area contributed by atoms with Crippen molar-refractivity contribution in [2.24, 2.45) is 5.92 Å². The molecule has 1 unspecified atom stereocenters. The number of Topliss-reactive ketones (excluding diaryl/α,β-unsaturated/α-hetero) is 1. The van der Waals surface area contributed by atoms with Crippen LogP contribution >= 0.6 is 0 Å². The minimum atomic E-state index is -3.75. The average Bonchev–Trinajstić information content (AvgIpc) is 2.82. The van der Waals surface area contributed by atoms with E-state index in [1.54, 1.807) is 0 Å². The molecule has 9 heteroatoms.